The zero-order valence-electron chi connectivity index (χ0n) is 20.9. The van der Waals surface area contributed by atoms with E-state index in [0.717, 1.165) is 21.4 Å². The lowest BCUT2D eigenvalue weighted by Crippen LogP contribution is -2.38. The Morgan fingerprint density at radius 3 is 1.56 bits per heavy atom. The summed E-state index contributed by atoms with van der Waals surface area (Å²) in [7, 11) is -2.57. The van der Waals surface area contributed by atoms with Crippen LogP contribution in [0, 0.1) is 0 Å². The number of benzene rings is 4. The average Bonchev–Trinajstić information content (AvgIpc) is 2.99. The fourth-order valence-electron chi connectivity index (χ4n) is 4.42. The van der Waals surface area contributed by atoms with Gasteiger partial charge in [-0.25, -0.2) is 4.98 Å². The summed E-state index contributed by atoms with van der Waals surface area (Å²) < 4.78 is 0. The van der Waals surface area contributed by atoms with E-state index >= 15 is 0 Å². The quantitative estimate of drug-likeness (QED) is 0.202. The third-order valence-corrected chi connectivity index (χ3v) is 10.6. The molecule has 0 aliphatic rings. The molecule has 0 aliphatic carbocycles. The van der Waals surface area contributed by atoms with Crippen LogP contribution in [0.2, 0.25) is 5.02 Å². The Hall–Kier alpha value is -3.95. The maximum Gasteiger partial charge on any atom is 0.258 e. The molecule has 4 aromatic carbocycles. The number of hydrogen-bond acceptors (Lipinski definition) is 3. The molecule has 0 bridgehead atoms. The number of carbonyl (C=O) groups is 1. The summed E-state index contributed by atoms with van der Waals surface area (Å²) in [6, 6.07) is 43.9. The van der Waals surface area contributed by atoms with E-state index in [9.17, 15) is 4.79 Å². The Morgan fingerprint density at radius 1 is 0.667 bits per heavy atom. The standard InChI is InChI=1S/C32H25ClN3OP.ClH/c33-26-21-22-30(34-23-26)35-24-31(36-32(37)25-13-5-1-6-14-25)38(27-15-7-2-8-16-27,28-17-9-3-10-18-28)29-19-11-4-12-20-29;/h1-24H,(H-,34,35,36,37);1H/p+1/b31-24+;. The maximum absolute atomic E-state index is 13.7. The van der Waals surface area contributed by atoms with Crippen molar-refractivity contribution in [3.8, 4) is 0 Å². The first-order valence-electron chi connectivity index (χ1n) is 12.2. The molecule has 1 heterocycles. The summed E-state index contributed by atoms with van der Waals surface area (Å²) in [5.74, 6) is 0.433. The molecule has 0 fully saturated rings. The molecule has 5 rings (SSSR count). The number of aromatic nitrogens is 1. The molecule has 2 N–H and O–H groups in total. The number of pyridine rings is 1. The molecule has 5 aromatic rings. The van der Waals surface area contributed by atoms with Crippen LogP contribution in [0.15, 0.2) is 151 Å². The van der Waals surface area contributed by atoms with Crippen molar-refractivity contribution in [2.24, 2.45) is 0 Å². The fourth-order valence-corrected chi connectivity index (χ4v) is 8.64. The average molecular weight is 571 g/mol. The molecule has 0 saturated carbocycles. The summed E-state index contributed by atoms with van der Waals surface area (Å²) in [5, 5.41) is 10.5. The van der Waals surface area contributed by atoms with Gasteiger partial charge in [0.2, 0.25) is 0 Å². The number of amides is 1. The summed E-state index contributed by atoms with van der Waals surface area (Å²) in [6.07, 6.45) is 3.46. The fraction of sp³-hybridized carbons (Fsp3) is 0. The highest BCUT2D eigenvalue weighted by Gasteiger charge is 2.50. The molecule has 39 heavy (non-hydrogen) atoms. The molecular weight excluding hydrogens is 544 g/mol. The van der Waals surface area contributed by atoms with E-state index in [4.69, 9.17) is 11.6 Å². The number of nitrogens with zero attached hydrogens (tertiary/aromatic N) is 1. The Morgan fingerprint density at radius 2 is 1.13 bits per heavy atom. The molecule has 194 valence electrons. The van der Waals surface area contributed by atoms with Gasteiger partial charge in [0, 0.05) is 11.8 Å². The van der Waals surface area contributed by atoms with Gasteiger partial charge in [0.25, 0.3) is 5.91 Å². The van der Waals surface area contributed by atoms with Gasteiger partial charge in [0.05, 0.1) is 11.2 Å². The van der Waals surface area contributed by atoms with Crippen LogP contribution >= 0.6 is 31.3 Å². The number of halogens is 2. The number of hydrogen-bond donors (Lipinski definition) is 2. The maximum atomic E-state index is 13.7. The number of nitrogens with one attached hydrogen (secondary N) is 2. The highest BCUT2D eigenvalue weighted by Crippen LogP contribution is 2.61. The van der Waals surface area contributed by atoms with E-state index < -0.39 is 7.26 Å². The lowest BCUT2D eigenvalue weighted by Gasteiger charge is -2.29. The second-order valence-corrected chi connectivity index (χ2v) is 12.3. The van der Waals surface area contributed by atoms with E-state index in [-0.39, 0.29) is 18.3 Å². The highest BCUT2D eigenvalue weighted by molar-refractivity contribution is 7.99. The second kappa shape index (κ2) is 13.2. The Balaban J connectivity index is 0.00000353. The Labute approximate surface area is 240 Å². The predicted molar refractivity (Wildman–Crippen MR) is 167 cm³/mol. The van der Waals surface area contributed by atoms with Crippen LogP contribution in [0.5, 0.6) is 0 Å². The minimum Gasteiger partial charge on any atom is -0.342 e. The lowest BCUT2D eigenvalue weighted by molar-refractivity contribution is 0.0968. The summed E-state index contributed by atoms with van der Waals surface area (Å²) in [4.78, 5) is 18.1. The van der Waals surface area contributed by atoms with Gasteiger partial charge in [0.15, 0.2) is 12.7 Å². The van der Waals surface area contributed by atoms with Gasteiger partial charge < -0.3 is 5.32 Å². The predicted octanol–water partition coefficient (Wildman–Crippen LogP) is 6.79. The second-order valence-electron chi connectivity index (χ2n) is 8.53. The minimum atomic E-state index is -2.57. The monoisotopic (exact) mass is 570 g/mol. The normalized spacial score (nSPS) is 11.3. The SMILES string of the molecule is Cl.O=C(N/C(=C\Nc1ccc(Cl)cn1)[P+](c1ccccc1)(c1ccccc1)c1ccccc1)c1ccccc1. The summed E-state index contributed by atoms with van der Waals surface area (Å²) in [5.41, 5.74) is 1.34. The third-order valence-electron chi connectivity index (χ3n) is 6.15. The van der Waals surface area contributed by atoms with Crippen molar-refractivity contribution in [3.05, 3.63) is 162 Å². The van der Waals surface area contributed by atoms with Crippen LogP contribution in [0.1, 0.15) is 10.4 Å². The topological polar surface area (TPSA) is 54.0 Å². The van der Waals surface area contributed by atoms with Crippen LogP contribution in [0.4, 0.5) is 5.82 Å². The van der Waals surface area contributed by atoms with E-state index in [2.05, 4.69) is 52.0 Å². The number of anilines is 1. The largest absolute Gasteiger partial charge is 0.342 e. The minimum absolute atomic E-state index is 0. The highest BCUT2D eigenvalue weighted by atomic mass is 35.5. The lowest BCUT2D eigenvalue weighted by atomic mass is 10.2. The van der Waals surface area contributed by atoms with Gasteiger partial charge >= 0.3 is 0 Å². The van der Waals surface area contributed by atoms with Gasteiger partial charge in [-0.1, -0.05) is 84.4 Å². The van der Waals surface area contributed by atoms with Crippen LogP contribution in [-0.2, 0) is 0 Å². The van der Waals surface area contributed by atoms with Gasteiger partial charge in [-0.2, -0.15) is 0 Å². The van der Waals surface area contributed by atoms with Crippen LogP contribution < -0.4 is 26.5 Å². The molecule has 0 radical (unpaired) electrons. The van der Waals surface area contributed by atoms with Crippen LogP contribution in [0.3, 0.4) is 0 Å². The smallest absolute Gasteiger partial charge is 0.258 e. The molecule has 0 unspecified atom stereocenters. The van der Waals surface area contributed by atoms with Gasteiger partial charge in [-0.3, -0.25) is 10.1 Å². The molecule has 4 nitrogen and oxygen atoms in total. The first kappa shape index (κ1) is 28.1. The molecule has 0 atom stereocenters. The molecule has 7 heteroatoms. The van der Waals surface area contributed by atoms with Crippen LogP contribution in [0.25, 0.3) is 0 Å². The van der Waals surface area contributed by atoms with E-state index in [1.807, 2.05) is 97.2 Å². The summed E-state index contributed by atoms with van der Waals surface area (Å²) >= 11 is 6.07. The Bertz CT molecular complexity index is 1420. The first-order valence-corrected chi connectivity index (χ1v) is 14.4. The van der Waals surface area contributed by atoms with Crippen molar-refractivity contribution >= 4 is 58.9 Å². The van der Waals surface area contributed by atoms with Crippen molar-refractivity contribution in [1.29, 1.82) is 0 Å². The molecule has 0 spiro atoms. The van der Waals surface area contributed by atoms with Crippen molar-refractivity contribution < 1.29 is 4.79 Å². The number of rotatable bonds is 8. The molecular formula is C32H27Cl2N3OP+. The Kier molecular flexibility index (Phi) is 9.51. The van der Waals surface area contributed by atoms with Crippen molar-refractivity contribution in [2.45, 2.75) is 0 Å². The molecule has 0 saturated heterocycles. The zero-order chi connectivity index (χ0) is 26.2. The molecule has 1 aromatic heterocycles. The van der Waals surface area contributed by atoms with Crippen molar-refractivity contribution in [2.75, 3.05) is 5.32 Å². The zero-order valence-corrected chi connectivity index (χ0v) is 23.4. The van der Waals surface area contributed by atoms with E-state index in [1.165, 1.54) is 0 Å². The van der Waals surface area contributed by atoms with Crippen LogP contribution in [-0.4, -0.2) is 10.9 Å². The third kappa shape index (κ3) is 6.21. The summed E-state index contributed by atoms with van der Waals surface area (Å²) in [6.45, 7) is 0. The molecule has 1 amide bonds. The first-order chi connectivity index (χ1) is 18.7. The van der Waals surface area contributed by atoms with Gasteiger partial charge in [-0.05, 0) is 60.7 Å². The van der Waals surface area contributed by atoms with Gasteiger partial charge in [-0.15, -0.1) is 12.4 Å². The van der Waals surface area contributed by atoms with Crippen molar-refractivity contribution in [3.63, 3.8) is 0 Å². The molecule has 0 aliphatic heterocycles. The van der Waals surface area contributed by atoms with E-state index in [1.54, 1.807) is 12.3 Å². The van der Waals surface area contributed by atoms with E-state index in [0.29, 0.717) is 16.4 Å². The van der Waals surface area contributed by atoms with Gasteiger partial charge in [0.1, 0.15) is 21.7 Å². The number of carbonyl (C=O) groups excluding carboxylic acids is 1. The van der Waals surface area contributed by atoms with Crippen molar-refractivity contribution in [1.82, 2.24) is 10.3 Å².